The third-order valence-corrected chi connectivity index (χ3v) is 5.14. The van der Waals surface area contributed by atoms with Crippen LogP contribution in [0.2, 0.25) is 0 Å². The van der Waals surface area contributed by atoms with Gasteiger partial charge in [-0.1, -0.05) is 38.5 Å². The smallest absolute Gasteiger partial charge is 0.401 e. The van der Waals surface area contributed by atoms with Crippen LogP contribution in [0.4, 0.5) is 0 Å². The minimum absolute atomic E-state index is 0.173. The van der Waals surface area contributed by atoms with Crippen molar-refractivity contribution in [1.82, 2.24) is 0 Å². The van der Waals surface area contributed by atoms with Crippen molar-refractivity contribution >= 4 is 22.3 Å². The first-order valence-electron chi connectivity index (χ1n) is 9.43. The third kappa shape index (κ3) is 9.03. The van der Waals surface area contributed by atoms with E-state index in [1.165, 1.54) is 7.11 Å². The van der Waals surface area contributed by atoms with E-state index in [2.05, 4.69) is 8.92 Å². The van der Waals surface area contributed by atoms with Gasteiger partial charge in [0.2, 0.25) is 6.10 Å². The van der Waals surface area contributed by atoms with Crippen molar-refractivity contribution < 1.29 is 35.8 Å². The van der Waals surface area contributed by atoms with E-state index in [1.54, 1.807) is 0 Å². The third-order valence-electron chi connectivity index (χ3n) is 4.21. The number of carbonyl (C=O) groups excluding carboxylic acids is 2. The fourth-order valence-electron chi connectivity index (χ4n) is 2.63. The molecule has 27 heavy (non-hydrogen) atoms. The topological polar surface area (TPSA) is 105 Å². The van der Waals surface area contributed by atoms with Gasteiger partial charge in [0.25, 0.3) is 0 Å². The minimum atomic E-state index is -4.11. The largest absolute Gasteiger partial charge is 0.467 e. The maximum atomic E-state index is 11.6. The van der Waals surface area contributed by atoms with E-state index < -0.39 is 34.0 Å². The monoisotopic (exact) mass is 408 g/mol. The second kappa shape index (κ2) is 11.0. The number of methoxy groups -OCH3 is 1. The normalized spacial score (nSPS) is 21.8. The molecule has 0 aromatic carbocycles. The molecule has 1 rings (SSSR count). The van der Waals surface area contributed by atoms with Gasteiger partial charge >= 0.3 is 22.3 Å². The van der Waals surface area contributed by atoms with E-state index in [-0.39, 0.29) is 5.97 Å². The first-order valence-corrected chi connectivity index (χ1v) is 10.8. The summed E-state index contributed by atoms with van der Waals surface area (Å²) < 4.78 is 41.9. The Morgan fingerprint density at radius 3 is 2.04 bits per heavy atom. The molecular weight excluding hydrogens is 376 g/mol. The Hall–Kier alpha value is -1.19. The van der Waals surface area contributed by atoms with E-state index in [9.17, 15) is 18.0 Å². The van der Waals surface area contributed by atoms with Crippen molar-refractivity contribution in [3.63, 3.8) is 0 Å². The molecule has 0 aromatic rings. The molecular formula is C18H32O8S. The van der Waals surface area contributed by atoms with E-state index in [0.717, 1.165) is 44.9 Å². The molecule has 1 fully saturated rings. The van der Waals surface area contributed by atoms with Crippen molar-refractivity contribution in [2.45, 2.75) is 84.3 Å². The number of unbranched alkanes of at least 4 members (excludes halogenated alkanes) is 6. The van der Waals surface area contributed by atoms with Gasteiger partial charge in [-0.05, 0) is 33.6 Å². The van der Waals surface area contributed by atoms with Crippen molar-refractivity contribution in [2.24, 2.45) is 5.41 Å². The van der Waals surface area contributed by atoms with E-state index in [1.807, 2.05) is 20.8 Å². The number of carbonyl (C=O) groups is 2. The quantitative estimate of drug-likeness (QED) is 0.379. The van der Waals surface area contributed by atoms with Crippen LogP contribution in [0.1, 0.15) is 72.1 Å². The fourth-order valence-corrected chi connectivity index (χ4v) is 3.63. The summed E-state index contributed by atoms with van der Waals surface area (Å²) in [5, 5.41) is 0. The molecule has 1 aliphatic rings. The Bertz CT molecular complexity index is 579. The summed E-state index contributed by atoms with van der Waals surface area (Å²) >= 11 is 0. The van der Waals surface area contributed by atoms with Crippen LogP contribution in [0.15, 0.2) is 0 Å². The minimum Gasteiger partial charge on any atom is -0.467 e. The number of ether oxygens (including phenoxy) is 2. The van der Waals surface area contributed by atoms with Crippen LogP contribution in [0.25, 0.3) is 0 Å². The summed E-state index contributed by atoms with van der Waals surface area (Å²) in [6.45, 7) is 5.96. The summed E-state index contributed by atoms with van der Waals surface area (Å²) in [5.41, 5.74) is -0.458. The van der Waals surface area contributed by atoms with Gasteiger partial charge in [0, 0.05) is 0 Å². The first-order chi connectivity index (χ1) is 12.6. The standard InChI is InChI=1S/C18H32O8S/c1-18(2,3)17(20)24-13-11-9-7-5-6-8-10-12-14-15(16(19)23-4)26-27(21,22)25-14/h14-15H,5-13H2,1-4H3/t14-,15+/m1/s1. The van der Waals surface area contributed by atoms with Gasteiger partial charge in [0.15, 0.2) is 0 Å². The molecule has 0 amide bonds. The van der Waals surface area contributed by atoms with Crippen LogP contribution in [-0.2, 0) is 37.8 Å². The van der Waals surface area contributed by atoms with Gasteiger partial charge < -0.3 is 9.47 Å². The van der Waals surface area contributed by atoms with Crippen molar-refractivity contribution in [3.8, 4) is 0 Å². The molecule has 0 aromatic heterocycles. The fraction of sp³-hybridized carbons (Fsp3) is 0.889. The van der Waals surface area contributed by atoms with Crippen molar-refractivity contribution in [3.05, 3.63) is 0 Å². The highest BCUT2D eigenvalue weighted by Gasteiger charge is 2.44. The average Bonchev–Trinajstić information content (AvgIpc) is 2.89. The predicted octanol–water partition coefficient (Wildman–Crippen LogP) is 2.90. The van der Waals surface area contributed by atoms with E-state index in [0.29, 0.717) is 13.0 Å². The van der Waals surface area contributed by atoms with Crippen molar-refractivity contribution in [2.75, 3.05) is 13.7 Å². The number of hydrogen-bond acceptors (Lipinski definition) is 8. The molecule has 1 heterocycles. The predicted molar refractivity (Wildman–Crippen MR) is 98.0 cm³/mol. The lowest BCUT2D eigenvalue weighted by molar-refractivity contribution is -0.153. The Balaban J connectivity index is 2.07. The SMILES string of the molecule is COC(=O)[C@H]1OS(=O)(=O)O[C@@H]1CCCCCCCCCOC(=O)C(C)(C)C. The lowest BCUT2D eigenvalue weighted by Gasteiger charge is -2.16. The van der Waals surface area contributed by atoms with E-state index in [4.69, 9.17) is 8.92 Å². The maximum absolute atomic E-state index is 11.6. The molecule has 1 saturated heterocycles. The van der Waals surface area contributed by atoms with Gasteiger partial charge in [0.05, 0.1) is 19.1 Å². The molecule has 0 bridgehead atoms. The van der Waals surface area contributed by atoms with Gasteiger partial charge in [-0.25, -0.2) is 13.2 Å². The highest BCUT2D eigenvalue weighted by Crippen LogP contribution is 2.26. The lowest BCUT2D eigenvalue weighted by atomic mass is 9.97. The molecule has 0 N–H and O–H groups in total. The average molecular weight is 409 g/mol. The van der Waals surface area contributed by atoms with Gasteiger partial charge in [-0.15, -0.1) is 0 Å². The second-order valence-electron chi connectivity index (χ2n) is 7.73. The zero-order valence-electron chi connectivity index (χ0n) is 16.7. The van der Waals surface area contributed by atoms with Crippen LogP contribution >= 0.6 is 0 Å². The lowest BCUT2D eigenvalue weighted by Crippen LogP contribution is -2.32. The number of esters is 2. The van der Waals surface area contributed by atoms with Gasteiger partial charge in [-0.3, -0.25) is 4.79 Å². The number of hydrogen-bond donors (Lipinski definition) is 0. The first kappa shape index (κ1) is 23.8. The molecule has 0 spiro atoms. The summed E-state index contributed by atoms with van der Waals surface area (Å²) in [4.78, 5) is 23.1. The molecule has 158 valence electrons. The molecule has 0 radical (unpaired) electrons. The number of rotatable bonds is 11. The Kier molecular flexibility index (Phi) is 9.69. The summed E-state index contributed by atoms with van der Waals surface area (Å²) in [6, 6.07) is 0. The molecule has 8 nitrogen and oxygen atoms in total. The van der Waals surface area contributed by atoms with Crippen LogP contribution in [0.5, 0.6) is 0 Å². The molecule has 1 aliphatic heterocycles. The van der Waals surface area contributed by atoms with Crippen LogP contribution in [0.3, 0.4) is 0 Å². The molecule has 0 saturated carbocycles. The van der Waals surface area contributed by atoms with Gasteiger partial charge in [0.1, 0.15) is 6.10 Å². The molecule has 0 aliphatic carbocycles. The highest BCUT2D eigenvalue weighted by molar-refractivity contribution is 7.82. The van der Waals surface area contributed by atoms with E-state index >= 15 is 0 Å². The van der Waals surface area contributed by atoms with Crippen molar-refractivity contribution in [1.29, 1.82) is 0 Å². The zero-order chi connectivity index (χ0) is 20.5. The Morgan fingerprint density at radius 1 is 0.926 bits per heavy atom. The summed E-state index contributed by atoms with van der Waals surface area (Å²) in [7, 11) is -2.93. The van der Waals surface area contributed by atoms with Gasteiger partial charge in [-0.2, -0.15) is 8.42 Å². The van der Waals surface area contributed by atoms with Crippen LogP contribution < -0.4 is 0 Å². The Labute approximate surface area is 162 Å². The Morgan fingerprint density at radius 2 is 1.48 bits per heavy atom. The summed E-state index contributed by atoms with van der Waals surface area (Å²) in [6.07, 6.45) is 4.99. The maximum Gasteiger partial charge on any atom is 0.401 e. The highest BCUT2D eigenvalue weighted by atomic mass is 32.3. The molecule has 2 atom stereocenters. The summed E-state index contributed by atoms with van der Waals surface area (Å²) in [5.74, 6) is -0.916. The second-order valence-corrected chi connectivity index (χ2v) is 8.93. The molecule has 9 heteroatoms. The molecule has 0 unspecified atom stereocenters. The van der Waals surface area contributed by atoms with Crippen LogP contribution in [0, 0.1) is 5.41 Å². The zero-order valence-corrected chi connectivity index (χ0v) is 17.5. The van der Waals surface area contributed by atoms with Crippen LogP contribution in [-0.4, -0.2) is 46.3 Å².